The Hall–Kier alpha value is -1.04. The van der Waals surface area contributed by atoms with Gasteiger partial charge in [-0.3, -0.25) is 9.78 Å². The smallest absolute Gasteiger partial charge is 0.311 e. The molecule has 0 unspecified atom stereocenters. The number of alkyl halides is 3. The second-order valence-electron chi connectivity index (χ2n) is 3.29. The highest BCUT2D eigenvalue weighted by atomic mass is 79.9. The number of hydrogen-bond acceptors (Lipinski definition) is 3. The average molecular weight is 308 g/mol. The molecule has 3 nitrogen and oxygen atoms in total. The Morgan fingerprint density at radius 3 is 2.82 bits per heavy atom. The molecule has 0 aromatic carbocycles. The summed E-state index contributed by atoms with van der Waals surface area (Å²) in [6.07, 6.45) is -1.47. The summed E-state index contributed by atoms with van der Waals surface area (Å²) in [5.74, 6) is -0.410. The second-order valence-corrected chi connectivity index (χ2v) is 3.85. The van der Waals surface area contributed by atoms with Crippen LogP contribution in [0.2, 0.25) is 0 Å². The minimum absolute atomic E-state index is 0.00170. The molecule has 94 valence electrons. The van der Waals surface area contributed by atoms with Crippen molar-refractivity contribution >= 4 is 21.9 Å². The number of aromatic nitrogens is 1. The molecule has 0 amide bonds. The lowest BCUT2D eigenvalue weighted by Crippen LogP contribution is -2.11. The van der Waals surface area contributed by atoms with E-state index in [4.69, 9.17) is 4.74 Å². The molecule has 1 rings (SSSR count). The van der Waals surface area contributed by atoms with E-state index in [2.05, 4.69) is 20.9 Å². The van der Waals surface area contributed by atoms with Crippen LogP contribution in [0.15, 0.2) is 12.3 Å². The lowest BCUT2D eigenvalue weighted by Gasteiger charge is -2.08. The third-order valence-electron chi connectivity index (χ3n) is 2.09. The van der Waals surface area contributed by atoms with E-state index in [0.29, 0.717) is 16.6 Å². The Bertz CT molecular complexity index is 399. The predicted octanol–water partition coefficient (Wildman–Crippen LogP) is 3.02. The molecular weight excluding hydrogens is 296 g/mol. The van der Waals surface area contributed by atoms with Crippen molar-refractivity contribution < 1.29 is 18.3 Å². The molecule has 0 spiro atoms. The number of carbonyl (C=O) groups excluding carboxylic acids is 1. The lowest BCUT2D eigenvalue weighted by molar-refractivity contribution is -0.142. The number of carbonyl (C=O) groups is 1. The maximum absolute atomic E-state index is 12.5. The van der Waals surface area contributed by atoms with Gasteiger partial charge in [0.05, 0.1) is 18.7 Å². The van der Waals surface area contributed by atoms with Gasteiger partial charge in [0, 0.05) is 17.1 Å². The summed E-state index contributed by atoms with van der Waals surface area (Å²) in [6.45, 7) is 1.99. The molecule has 1 heterocycles. The maximum Gasteiger partial charge on any atom is 0.311 e. The van der Waals surface area contributed by atoms with Crippen molar-refractivity contribution in [1.29, 1.82) is 0 Å². The van der Waals surface area contributed by atoms with Gasteiger partial charge in [-0.05, 0) is 18.6 Å². The first kappa shape index (κ1) is 14.0. The first-order valence-corrected chi connectivity index (χ1v) is 6.18. The largest absolute Gasteiger partial charge is 0.466 e. The van der Waals surface area contributed by atoms with E-state index in [1.165, 1.54) is 6.07 Å². The zero-order valence-electron chi connectivity index (χ0n) is 9.25. The van der Waals surface area contributed by atoms with Gasteiger partial charge in [-0.15, -0.1) is 0 Å². The van der Waals surface area contributed by atoms with Crippen LogP contribution in [0, 0.1) is 0 Å². The highest BCUT2D eigenvalue weighted by Crippen LogP contribution is 2.22. The van der Waals surface area contributed by atoms with Gasteiger partial charge in [-0.25, -0.2) is 8.78 Å². The van der Waals surface area contributed by atoms with E-state index in [-0.39, 0.29) is 18.6 Å². The summed E-state index contributed by atoms with van der Waals surface area (Å²) in [4.78, 5) is 15.2. The Morgan fingerprint density at radius 1 is 1.59 bits per heavy atom. The van der Waals surface area contributed by atoms with Gasteiger partial charge in [0.25, 0.3) is 6.43 Å². The quantitative estimate of drug-likeness (QED) is 0.620. The number of rotatable bonds is 5. The van der Waals surface area contributed by atoms with Crippen molar-refractivity contribution in [2.45, 2.75) is 25.1 Å². The summed E-state index contributed by atoms with van der Waals surface area (Å²) >= 11 is 3.18. The zero-order chi connectivity index (χ0) is 12.8. The van der Waals surface area contributed by atoms with Crippen LogP contribution in [-0.4, -0.2) is 17.6 Å². The number of pyridine rings is 1. The fourth-order valence-corrected chi connectivity index (χ4v) is 1.79. The van der Waals surface area contributed by atoms with Crippen molar-refractivity contribution in [2.24, 2.45) is 0 Å². The molecular formula is C11H12BrF2NO2. The van der Waals surface area contributed by atoms with Gasteiger partial charge >= 0.3 is 5.97 Å². The molecule has 17 heavy (non-hydrogen) atoms. The molecule has 0 saturated heterocycles. The van der Waals surface area contributed by atoms with Gasteiger partial charge in [0.2, 0.25) is 0 Å². The fourth-order valence-electron chi connectivity index (χ4n) is 1.30. The molecule has 1 aromatic rings. The van der Waals surface area contributed by atoms with Crippen molar-refractivity contribution in [1.82, 2.24) is 4.98 Å². The Morgan fingerprint density at radius 2 is 2.29 bits per heavy atom. The number of halogens is 3. The van der Waals surface area contributed by atoms with Crippen molar-refractivity contribution in [3.05, 3.63) is 29.1 Å². The minimum Gasteiger partial charge on any atom is -0.466 e. The van der Waals surface area contributed by atoms with Crippen molar-refractivity contribution in [2.75, 3.05) is 6.61 Å². The number of hydrogen-bond donors (Lipinski definition) is 0. The van der Waals surface area contributed by atoms with Crippen LogP contribution in [0.25, 0.3) is 0 Å². The predicted molar refractivity (Wildman–Crippen MR) is 62.2 cm³/mol. The standard InChI is InChI=1S/C11H12BrF2NO2/c1-2-17-10(16)4-9-7(5-12)3-8(6-15-9)11(13)14/h3,6,11H,2,4-5H2,1H3. The van der Waals surface area contributed by atoms with Crippen LogP contribution in [0.4, 0.5) is 8.78 Å². The number of nitrogens with zero attached hydrogens (tertiary/aromatic N) is 1. The minimum atomic E-state index is -2.56. The third kappa shape index (κ3) is 4.03. The van der Waals surface area contributed by atoms with Gasteiger partial charge < -0.3 is 4.74 Å². The van der Waals surface area contributed by atoms with Gasteiger partial charge in [0.15, 0.2) is 0 Å². The highest BCUT2D eigenvalue weighted by Gasteiger charge is 2.14. The van der Waals surface area contributed by atoms with Crippen LogP contribution in [0.3, 0.4) is 0 Å². The highest BCUT2D eigenvalue weighted by molar-refractivity contribution is 9.08. The van der Waals surface area contributed by atoms with Gasteiger partial charge in [-0.1, -0.05) is 15.9 Å². The van der Waals surface area contributed by atoms with Gasteiger partial charge in [0.1, 0.15) is 0 Å². The molecule has 6 heteroatoms. The summed E-state index contributed by atoms with van der Waals surface area (Å²) in [6, 6.07) is 1.35. The van der Waals surface area contributed by atoms with E-state index in [1.54, 1.807) is 6.92 Å². The molecule has 0 radical (unpaired) electrons. The zero-order valence-corrected chi connectivity index (χ0v) is 10.8. The molecule has 0 N–H and O–H groups in total. The molecule has 0 aliphatic heterocycles. The normalized spacial score (nSPS) is 10.6. The molecule has 0 bridgehead atoms. The topological polar surface area (TPSA) is 39.2 Å². The summed E-state index contributed by atoms with van der Waals surface area (Å²) in [7, 11) is 0. The fraction of sp³-hybridized carbons (Fsp3) is 0.455. The van der Waals surface area contributed by atoms with Crippen LogP contribution >= 0.6 is 15.9 Å². The van der Waals surface area contributed by atoms with Crippen LogP contribution in [0.5, 0.6) is 0 Å². The van der Waals surface area contributed by atoms with E-state index < -0.39 is 12.4 Å². The van der Waals surface area contributed by atoms with Crippen LogP contribution < -0.4 is 0 Å². The van der Waals surface area contributed by atoms with Gasteiger partial charge in [-0.2, -0.15) is 0 Å². The Balaban J connectivity index is 2.89. The van der Waals surface area contributed by atoms with E-state index >= 15 is 0 Å². The maximum atomic E-state index is 12.5. The average Bonchev–Trinajstić information content (AvgIpc) is 2.29. The van der Waals surface area contributed by atoms with Crippen LogP contribution in [-0.2, 0) is 21.3 Å². The number of esters is 1. The Kier molecular flexibility index (Phi) is 5.47. The lowest BCUT2D eigenvalue weighted by atomic mass is 10.1. The molecule has 0 saturated carbocycles. The van der Waals surface area contributed by atoms with E-state index in [0.717, 1.165) is 6.20 Å². The SMILES string of the molecule is CCOC(=O)Cc1ncc(C(F)F)cc1CBr. The van der Waals surface area contributed by atoms with E-state index in [9.17, 15) is 13.6 Å². The Labute approximate surface area is 106 Å². The molecule has 0 aliphatic carbocycles. The monoisotopic (exact) mass is 307 g/mol. The first-order valence-electron chi connectivity index (χ1n) is 5.05. The third-order valence-corrected chi connectivity index (χ3v) is 2.70. The van der Waals surface area contributed by atoms with Crippen molar-refractivity contribution in [3.8, 4) is 0 Å². The first-order chi connectivity index (χ1) is 8.08. The molecule has 1 aromatic heterocycles. The van der Waals surface area contributed by atoms with Crippen LogP contribution in [0.1, 0.15) is 30.2 Å². The molecule has 0 aliphatic rings. The number of ether oxygens (including phenoxy) is 1. The molecule has 0 atom stereocenters. The second kappa shape index (κ2) is 6.64. The van der Waals surface area contributed by atoms with Crippen molar-refractivity contribution in [3.63, 3.8) is 0 Å². The summed E-state index contributed by atoms with van der Waals surface area (Å²) < 4.78 is 29.7. The van der Waals surface area contributed by atoms with E-state index in [1.807, 2.05) is 0 Å². The summed E-state index contributed by atoms with van der Waals surface area (Å²) in [5.41, 5.74) is 0.896. The molecule has 0 fully saturated rings. The summed E-state index contributed by atoms with van der Waals surface area (Å²) in [5, 5.41) is 0.370.